The minimum atomic E-state index is -3.57. The molecule has 0 saturated carbocycles. The third kappa shape index (κ3) is 3.13. The van der Waals surface area contributed by atoms with Gasteiger partial charge < -0.3 is 0 Å². The Morgan fingerprint density at radius 2 is 1.05 bits per heavy atom. The topological polar surface area (TPSA) is 34.1 Å². The maximum Gasteiger partial charge on any atom is 0.207 e. The van der Waals surface area contributed by atoms with Crippen LogP contribution in [0.3, 0.4) is 0 Å². The Kier molecular flexibility index (Phi) is 4.70. The van der Waals surface area contributed by atoms with E-state index in [0.29, 0.717) is 9.79 Å². The first-order valence-electron chi connectivity index (χ1n) is 13.6. The second-order valence-corrected chi connectivity index (χ2v) is 13.3. The van der Waals surface area contributed by atoms with Crippen LogP contribution in [0.5, 0.6) is 0 Å². The van der Waals surface area contributed by atoms with Crippen LogP contribution in [-0.4, -0.2) is 8.42 Å². The smallest absolute Gasteiger partial charge is 0.207 e. The van der Waals surface area contributed by atoms with Gasteiger partial charge in [0.25, 0.3) is 0 Å². The molecule has 0 unspecified atom stereocenters. The molecule has 192 valence electrons. The van der Waals surface area contributed by atoms with E-state index in [9.17, 15) is 8.42 Å². The van der Waals surface area contributed by atoms with Crippen molar-refractivity contribution >= 4 is 20.6 Å². The number of fused-ring (bicyclic) bond motifs is 7. The molecule has 40 heavy (non-hydrogen) atoms. The summed E-state index contributed by atoms with van der Waals surface area (Å²) in [5.41, 5.74) is 10.9. The van der Waals surface area contributed by atoms with Crippen molar-refractivity contribution in [3.05, 3.63) is 132 Å². The zero-order chi connectivity index (χ0) is 27.2. The van der Waals surface area contributed by atoms with Gasteiger partial charge in [0.1, 0.15) is 0 Å². The number of hydrogen-bond donors (Lipinski definition) is 0. The average Bonchev–Trinajstić information content (AvgIpc) is 3.35. The summed E-state index contributed by atoms with van der Waals surface area (Å²) in [5, 5.41) is 2.32. The standard InChI is InChI=1S/C37H26O2S/c1-37(2)33-13-6-5-11-29(33)30-17-14-25(22-34(30)37)24-15-18-35-31(20-24)32-21-26(16-19-36(32)40(35,38)39)28-12-7-9-23-8-3-4-10-27(23)28/h3-22H,1-2H3. The van der Waals surface area contributed by atoms with Gasteiger partial charge in [-0.05, 0) is 85.6 Å². The predicted octanol–water partition coefficient (Wildman–Crippen LogP) is 9.29. The summed E-state index contributed by atoms with van der Waals surface area (Å²) in [6.45, 7) is 4.56. The Balaban J connectivity index is 1.28. The molecular weight excluding hydrogens is 508 g/mol. The Labute approximate surface area is 234 Å². The Morgan fingerprint density at radius 1 is 0.475 bits per heavy atom. The van der Waals surface area contributed by atoms with E-state index in [-0.39, 0.29) is 5.41 Å². The van der Waals surface area contributed by atoms with Gasteiger partial charge in [0, 0.05) is 16.5 Å². The van der Waals surface area contributed by atoms with Crippen LogP contribution in [0.1, 0.15) is 25.0 Å². The Hall–Kier alpha value is -4.47. The zero-order valence-corrected chi connectivity index (χ0v) is 23.1. The summed E-state index contributed by atoms with van der Waals surface area (Å²) in [6, 6.07) is 41.4. The van der Waals surface area contributed by atoms with Crippen molar-refractivity contribution in [2.45, 2.75) is 29.1 Å². The average molecular weight is 535 g/mol. The lowest BCUT2D eigenvalue weighted by molar-refractivity contribution is 0.598. The molecule has 8 rings (SSSR count). The first-order chi connectivity index (χ1) is 19.3. The molecule has 0 spiro atoms. The molecule has 0 radical (unpaired) electrons. The third-order valence-corrected chi connectivity index (χ3v) is 10.7. The van der Waals surface area contributed by atoms with Crippen molar-refractivity contribution in [1.82, 2.24) is 0 Å². The van der Waals surface area contributed by atoms with Crippen LogP contribution in [-0.2, 0) is 15.3 Å². The fraction of sp³-hybridized carbons (Fsp3) is 0.0811. The van der Waals surface area contributed by atoms with Gasteiger partial charge in [-0.2, -0.15) is 0 Å². The number of sulfone groups is 1. The minimum Gasteiger partial charge on any atom is -0.218 e. The molecule has 2 aliphatic rings. The van der Waals surface area contributed by atoms with Crippen molar-refractivity contribution < 1.29 is 8.42 Å². The maximum absolute atomic E-state index is 13.5. The monoisotopic (exact) mass is 534 g/mol. The van der Waals surface area contributed by atoms with Crippen LogP contribution >= 0.6 is 0 Å². The van der Waals surface area contributed by atoms with Gasteiger partial charge in [-0.1, -0.05) is 105 Å². The zero-order valence-electron chi connectivity index (χ0n) is 22.3. The molecule has 0 saturated heterocycles. The summed E-state index contributed by atoms with van der Waals surface area (Å²) < 4.78 is 27.1. The SMILES string of the molecule is CC1(C)c2ccccc2-c2ccc(-c3ccc4c(c3)-c3cc(-c5cccc6ccccc56)ccc3S4(=O)=O)cc21. The largest absolute Gasteiger partial charge is 0.218 e. The number of hydrogen-bond acceptors (Lipinski definition) is 2. The fourth-order valence-electron chi connectivity index (χ4n) is 6.78. The van der Waals surface area contributed by atoms with Gasteiger partial charge in [-0.25, -0.2) is 8.42 Å². The van der Waals surface area contributed by atoms with Crippen LogP contribution in [0.15, 0.2) is 131 Å². The number of benzene rings is 6. The first-order valence-corrected chi connectivity index (χ1v) is 15.1. The van der Waals surface area contributed by atoms with E-state index in [1.807, 2.05) is 30.3 Å². The van der Waals surface area contributed by atoms with Crippen molar-refractivity contribution in [2.24, 2.45) is 0 Å². The van der Waals surface area contributed by atoms with E-state index < -0.39 is 9.84 Å². The predicted molar refractivity (Wildman–Crippen MR) is 163 cm³/mol. The van der Waals surface area contributed by atoms with E-state index in [2.05, 4.69) is 92.7 Å². The Bertz CT molecular complexity index is 2150. The van der Waals surface area contributed by atoms with Crippen LogP contribution in [0.2, 0.25) is 0 Å². The highest BCUT2D eigenvalue weighted by atomic mass is 32.2. The molecular formula is C37H26O2S. The van der Waals surface area contributed by atoms with Crippen LogP contribution in [0.25, 0.3) is 55.3 Å². The first kappa shape index (κ1) is 23.4. The van der Waals surface area contributed by atoms with Crippen molar-refractivity contribution in [3.8, 4) is 44.5 Å². The van der Waals surface area contributed by atoms with Crippen LogP contribution in [0, 0.1) is 0 Å². The molecule has 0 bridgehead atoms. The van der Waals surface area contributed by atoms with Gasteiger partial charge >= 0.3 is 0 Å². The summed E-state index contributed by atoms with van der Waals surface area (Å²) >= 11 is 0. The normalized spacial score (nSPS) is 15.3. The lowest BCUT2D eigenvalue weighted by Crippen LogP contribution is -2.14. The molecule has 2 nitrogen and oxygen atoms in total. The summed E-state index contributed by atoms with van der Waals surface area (Å²) in [7, 11) is -3.57. The van der Waals surface area contributed by atoms with Crippen LogP contribution < -0.4 is 0 Å². The highest BCUT2D eigenvalue weighted by Crippen LogP contribution is 2.50. The number of rotatable bonds is 2. The Morgan fingerprint density at radius 3 is 1.88 bits per heavy atom. The van der Waals surface area contributed by atoms with Gasteiger partial charge in [0.05, 0.1) is 9.79 Å². The molecule has 0 aromatic heterocycles. The van der Waals surface area contributed by atoms with E-state index in [1.165, 1.54) is 22.3 Å². The van der Waals surface area contributed by atoms with E-state index >= 15 is 0 Å². The molecule has 3 heteroatoms. The van der Waals surface area contributed by atoms with Crippen molar-refractivity contribution in [2.75, 3.05) is 0 Å². The molecule has 1 aliphatic heterocycles. The molecule has 1 heterocycles. The minimum absolute atomic E-state index is 0.0953. The maximum atomic E-state index is 13.5. The van der Waals surface area contributed by atoms with E-state index in [0.717, 1.165) is 44.2 Å². The summed E-state index contributed by atoms with van der Waals surface area (Å²) in [6.07, 6.45) is 0. The second-order valence-electron chi connectivity index (χ2n) is 11.4. The van der Waals surface area contributed by atoms with Gasteiger partial charge in [0.15, 0.2) is 0 Å². The fourth-order valence-corrected chi connectivity index (χ4v) is 8.42. The molecule has 0 amide bonds. The van der Waals surface area contributed by atoms with E-state index in [1.54, 1.807) is 12.1 Å². The second kappa shape index (κ2) is 8.03. The molecule has 0 N–H and O–H groups in total. The van der Waals surface area contributed by atoms with Crippen molar-refractivity contribution in [1.29, 1.82) is 0 Å². The highest BCUT2D eigenvalue weighted by molar-refractivity contribution is 7.92. The lowest BCUT2D eigenvalue weighted by Gasteiger charge is -2.22. The molecule has 0 fully saturated rings. The van der Waals surface area contributed by atoms with Gasteiger partial charge in [-0.15, -0.1) is 0 Å². The molecule has 1 aliphatic carbocycles. The van der Waals surface area contributed by atoms with Gasteiger partial charge in [0.2, 0.25) is 9.84 Å². The quantitative estimate of drug-likeness (QED) is 0.221. The highest BCUT2D eigenvalue weighted by Gasteiger charge is 2.36. The molecule has 6 aromatic carbocycles. The molecule has 0 atom stereocenters. The van der Waals surface area contributed by atoms with Gasteiger partial charge in [-0.3, -0.25) is 0 Å². The lowest BCUT2D eigenvalue weighted by atomic mass is 9.81. The third-order valence-electron chi connectivity index (χ3n) is 8.85. The molecule has 6 aromatic rings. The summed E-state index contributed by atoms with van der Waals surface area (Å²) in [5.74, 6) is 0. The summed E-state index contributed by atoms with van der Waals surface area (Å²) in [4.78, 5) is 0.768. The van der Waals surface area contributed by atoms with Crippen molar-refractivity contribution in [3.63, 3.8) is 0 Å². The van der Waals surface area contributed by atoms with E-state index in [4.69, 9.17) is 0 Å². The van der Waals surface area contributed by atoms with Crippen LogP contribution in [0.4, 0.5) is 0 Å².